The normalized spacial score (nSPS) is 18.2. The highest BCUT2D eigenvalue weighted by Gasteiger charge is 2.31. The van der Waals surface area contributed by atoms with Gasteiger partial charge in [-0.25, -0.2) is 8.42 Å². The number of nitrogens with zero attached hydrogens (tertiary/aromatic N) is 3. The molecule has 0 aromatic heterocycles. The van der Waals surface area contributed by atoms with Gasteiger partial charge in [0.05, 0.1) is 7.11 Å². The molecule has 0 aliphatic carbocycles. The molecule has 2 saturated heterocycles. The average molecular weight is 470 g/mol. The zero-order valence-corrected chi connectivity index (χ0v) is 19.8. The van der Waals surface area contributed by atoms with Crippen molar-refractivity contribution in [3.05, 3.63) is 65.7 Å². The second-order valence-electron chi connectivity index (χ2n) is 8.38. The van der Waals surface area contributed by atoms with Crippen LogP contribution in [-0.4, -0.2) is 81.4 Å². The van der Waals surface area contributed by atoms with E-state index in [4.69, 9.17) is 4.74 Å². The molecule has 0 bridgehead atoms. The molecule has 0 saturated carbocycles. The number of rotatable bonds is 7. The minimum absolute atomic E-state index is 0.0717. The Bertz CT molecular complexity index is 1090. The fraction of sp³-hybridized carbons (Fsp3) is 0.400. The molecule has 0 N–H and O–H groups in total. The third kappa shape index (κ3) is 5.46. The zero-order valence-electron chi connectivity index (χ0n) is 19.0. The van der Waals surface area contributed by atoms with Gasteiger partial charge in [-0.1, -0.05) is 42.5 Å². The van der Waals surface area contributed by atoms with Gasteiger partial charge in [-0.3, -0.25) is 9.69 Å². The van der Waals surface area contributed by atoms with Crippen LogP contribution in [0.2, 0.25) is 0 Å². The summed E-state index contributed by atoms with van der Waals surface area (Å²) < 4.78 is 33.0. The maximum Gasteiger partial charge on any atom is 0.253 e. The molecule has 8 heteroatoms. The van der Waals surface area contributed by atoms with E-state index in [1.165, 1.54) is 23.0 Å². The van der Waals surface area contributed by atoms with Crippen molar-refractivity contribution in [2.75, 3.05) is 52.9 Å². The molecule has 2 heterocycles. The van der Waals surface area contributed by atoms with Crippen LogP contribution >= 0.6 is 0 Å². The van der Waals surface area contributed by atoms with Gasteiger partial charge in [0.15, 0.2) is 0 Å². The first-order valence-corrected chi connectivity index (χ1v) is 12.8. The number of hydrogen-bond donors (Lipinski definition) is 0. The van der Waals surface area contributed by atoms with Gasteiger partial charge in [0.1, 0.15) is 10.6 Å². The molecule has 33 heavy (non-hydrogen) atoms. The van der Waals surface area contributed by atoms with E-state index in [-0.39, 0.29) is 16.6 Å². The number of ether oxygens (including phenoxy) is 1. The van der Waals surface area contributed by atoms with Crippen LogP contribution in [0.3, 0.4) is 0 Å². The van der Waals surface area contributed by atoms with E-state index in [0.29, 0.717) is 31.7 Å². The number of methoxy groups -OCH3 is 1. The minimum Gasteiger partial charge on any atom is -0.495 e. The summed E-state index contributed by atoms with van der Waals surface area (Å²) >= 11 is 0. The third-order valence-corrected chi connectivity index (χ3v) is 8.15. The Balaban J connectivity index is 1.40. The first kappa shape index (κ1) is 23.5. The van der Waals surface area contributed by atoms with Gasteiger partial charge < -0.3 is 9.64 Å². The fourth-order valence-corrected chi connectivity index (χ4v) is 6.00. The summed E-state index contributed by atoms with van der Waals surface area (Å²) in [5.41, 5.74) is 1.55. The molecule has 2 aliphatic heterocycles. The van der Waals surface area contributed by atoms with Crippen LogP contribution in [0.5, 0.6) is 5.75 Å². The lowest BCUT2D eigenvalue weighted by atomic mass is 10.1. The second kappa shape index (κ2) is 10.5. The van der Waals surface area contributed by atoms with Gasteiger partial charge in [-0.2, -0.15) is 4.31 Å². The highest BCUT2D eigenvalue weighted by Crippen LogP contribution is 2.30. The van der Waals surface area contributed by atoms with Gasteiger partial charge in [0.25, 0.3) is 5.91 Å². The SMILES string of the molecule is COc1ccc(C(=O)N2CCN(C/C=C/c3ccccc3)CC2)cc1S(=O)(=O)N1CCCC1. The Morgan fingerprint density at radius 1 is 0.970 bits per heavy atom. The molecule has 2 aromatic carbocycles. The van der Waals surface area contributed by atoms with Gasteiger partial charge in [0, 0.05) is 51.4 Å². The number of hydrogen-bond acceptors (Lipinski definition) is 5. The largest absolute Gasteiger partial charge is 0.495 e. The summed E-state index contributed by atoms with van der Waals surface area (Å²) in [7, 11) is -2.24. The van der Waals surface area contributed by atoms with Crippen molar-refractivity contribution in [1.29, 1.82) is 0 Å². The lowest BCUT2D eigenvalue weighted by Crippen LogP contribution is -2.48. The molecule has 2 aromatic rings. The van der Waals surface area contributed by atoms with Crippen LogP contribution in [0.15, 0.2) is 59.5 Å². The lowest BCUT2D eigenvalue weighted by molar-refractivity contribution is 0.0650. The predicted octanol–water partition coefficient (Wildman–Crippen LogP) is 2.95. The van der Waals surface area contributed by atoms with Crippen molar-refractivity contribution in [2.24, 2.45) is 0 Å². The van der Waals surface area contributed by atoms with E-state index in [1.807, 2.05) is 18.2 Å². The molecular formula is C25H31N3O4S. The molecule has 0 radical (unpaired) electrons. The summed E-state index contributed by atoms with van der Waals surface area (Å²) in [6.07, 6.45) is 5.96. The molecule has 7 nitrogen and oxygen atoms in total. The van der Waals surface area contributed by atoms with Crippen molar-refractivity contribution in [1.82, 2.24) is 14.1 Å². The van der Waals surface area contributed by atoms with Crippen LogP contribution in [0.1, 0.15) is 28.8 Å². The maximum atomic E-state index is 13.1. The number of carbonyl (C=O) groups is 1. The Labute approximate surface area is 196 Å². The number of sulfonamides is 1. The summed E-state index contributed by atoms with van der Waals surface area (Å²) in [6.45, 7) is 4.61. The molecular weight excluding hydrogens is 438 g/mol. The van der Waals surface area contributed by atoms with E-state index in [0.717, 1.165) is 32.5 Å². The molecule has 4 rings (SSSR count). The van der Waals surface area contributed by atoms with Crippen LogP contribution in [0.25, 0.3) is 6.08 Å². The van der Waals surface area contributed by atoms with Crippen molar-refractivity contribution >= 4 is 22.0 Å². The standard InChI is InChI=1S/C25H31N3O4S/c1-32-23-12-11-22(20-24(23)33(30,31)28-14-5-6-15-28)25(29)27-18-16-26(17-19-27)13-7-10-21-8-3-2-4-9-21/h2-4,7-12,20H,5-6,13-19H2,1H3/b10-7+. The Morgan fingerprint density at radius 3 is 2.33 bits per heavy atom. The zero-order chi connectivity index (χ0) is 23.3. The minimum atomic E-state index is -3.69. The van der Waals surface area contributed by atoms with Gasteiger partial charge in [0.2, 0.25) is 10.0 Å². The smallest absolute Gasteiger partial charge is 0.253 e. The van der Waals surface area contributed by atoms with E-state index in [9.17, 15) is 13.2 Å². The summed E-state index contributed by atoms with van der Waals surface area (Å²) in [6, 6.07) is 14.9. The van der Waals surface area contributed by atoms with Crippen molar-refractivity contribution < 1.29 is 17.9 Å². The number of piperazine rings is 1. The Hall–Kier alpha value is -2.68. The average Bonchev–Trinajstić information content (AvgIpc) is 3.40. The topological polar surface area (TPSA) is 70.2 Å². The second-order valence-corrected chi connectivity index (χ2v) is 10.3. The van der Waals surface area contributed by atoms with Gasteiger partial charge in [-0.05, 0) is 36.6 Å². The predicted molar refractivity (Wildman–Crippen MR) is 129 cm³/mol. The van der Waals surface area contributed by atoms with E-state index >= 15 is 0 Å². The molecule has 0 spiro atoms. The van der Waals surface area contributed by atoms with Crippen molar-refractivity contribution in [3.63, 3.8) is 0 Å². The fourth-order valence-electron chi connectivity index (χ4n) is 4.30. The summed E-state index contributed by atoms with van der Waals surface area (Å²) in [4.78, 5) is 17.3. The molecule has 176 valence electrons. The van der Waals surface area contributed by atoms with Crippen LogP contribution in [0, 0.1) is 0 Å². The Morgan fingerprint density at radius 2 is 1.67 bits per heavy atom. The quantitative estimate of drug-likeness (QED) is 0.624. The van der Waals surface area contributed by atoms with Crippen LogP contribution in [0.4, 0.5) is 0 Å². The van der Waals surface area contributed by atoms with Crippen molar-refractivity contribution in [2.45, 2.75) is 17.7 Å². The van der Waals surface area contributed by atoms with Gasteiger partial charge in [-0.15, -0.1) is 0 Å². The molecule has 2 aliphatic rings. The molecule has 0 atom stereocenters. The number of carbonyl (C=O) groups excluding carboxylic acids is 1. The highest BCUT2D eigenvalue weighted by atomic mass is 32.2. The molecule has 0 unspecified atom stereocenters. The first-order chi connectivity index (χ1) is 16.0. The summed E-state index contributed by atoms with van der Waals surface area (Å²) in [5.74, 6) is 0.128. The molecule has 1 amide bonds. The van der Waals surface area contributed by atoms with E-state index in [2.05, 4.69) is 29.2 Å². The first-order valence-electron chi connectivity index (χ1n) is 11.4. The van der Waals surface area contributed by atoms with Crippen LogP contribution < -0.4 is 4.74 Å². The monoisotopic (exact) mass is 469 g/mol. The lowest BCUT2D eigenvalue weighted by Gasteiger charge is -2.34. The van der Waals surface area contributed by atoms with Crippen molar-refractivity contribution in [3.8, 4) is 5.75 Å². The third-order valence-electron chi connectivity index (χ3n) is 6.23. The van der Waals surface area contributed by atoms with E-state index < -0.39 is 10.0 Å². The van der Waals surface area contributed by atoms with Crippen LogP contribution in [-0.2, 0) is 10.0 Å². The maximum absolute atomic E-state index is 13.1. The molecule has 2 fully saturated rings. The number of benzene rings is 2. The highest BCUT2D eigenvalue weighted by molar-refractivity contribution is 7.89. The van der Waals surface area contributed by atoms with E-state index in [1.54, 1.807) is 17.0 Å². The van der Waals surface area contributed by atoms with Gasteiger partial charge >= 0.3 is 0 Å². The summed E-state index contributed by atoms with van der Waals surface area (Å²) in [5, 5.41) is 0. The number of amides is 1. The Kier molecular flexibility index (Phi) is 7.47.